The molecular weight excluding hydrogens is 246 g/mol. The molecule has 1 heterocycles. The molecule has 3 heteroatoms. The van der Waals surface area contributed by atoms with Crippen molar-refractivity contribution in [2.45, 2.75) is 51.6 Å². The van der Waals surface area contributed by atoms with Crippen molar-refractivity contribution in [3.05, 3.63) is 30.1 Å². The van der Waals surface area contributed by atoms with Crippen LogP contribution in [-0.4, -0.2) is 36.1 Å². The molecule has 1 aliphatic rings. The normalized spacial score (nSPS) is 22.6. The van der Waals surface area contributed by atoms with Gasteiger partial charge in [-0.25, -0.2) is 0 Å². The fourth-order valence-corrected chi connectivity index (χ4v) is 3.25. The van der Waals surface area contributed by atoms with Gasteiger partial charge in [-0.1, -0.05) is 13.3 Å². The van der Waals surface area contributed by atoms with E-state index in [0.717, 1.165) is 18.5 Å². The van der Waals surface area contributed by atoms with E-state index >= 15 is 0 Å². The molecule has 112 valence electrons. The summed E-state index contributed by atoms with van der Waals surface area (Å²) in [6.45, 7) is 5.65. The predicted molar refractivity (Wildman–Crippen MR) is 84.6 cm³/mol. The summed E-state index contributed by atoms with van der Waals surface area (Å²) in [7, 11) is 2.23. The second-order valence-electron chi connectivity index (χ2n) is 6.13. The van der Waals surface area contributed by atoms with Gasteiger partial charge in [-0.05, 0) is 69.4 Å². The van der Waals surface area contributed by atoms with Crippen molar-refractivity contribution in [2.75, 3.05) is 20.1 Å². The third-order valence-electron chi connectivity index (χ3n) is 4.40. The Morgan fingerprint density at radius 2 is 2.10 bits per heavy atom. The Morgan fingerprint density at radius 1 is 1.30 bits per heavy atom. The van der Waals surface area contributed by atoms with E-state index in [1.807, 2.05) is 12.4 Å². The molecule has 0 aromatic carbocycles. The van der Waals surface area contributed by atoms with Gasteiger partial charge in [0.15, 0.2) is 0 Å². The van der Waals surface area contributed by atoms with Crippen LogP contribution in [0.1, 0.15) is 44.6 Å². The Kier molecular flexibility index (Phi) is 6.48. The maximum atomic E-state index is 4.07. The van der Waals surface area contributed by atoms with Gasteiger partial charge in [-0.3, -0.25) is 4.98 Å². The standard InChI is InChI=1S/C17H29N3/c1-3-10-19-17-6-4-5-16(17)9-13-20(2)14-15-7-11-18-12-8-15/h7-8,11-12,16-17,19H,3-6,9-10,13-14H2,1-2H3. The Balaban J connectivity index is 1.71. The van der Waals surface area contributed by atoms with Crippen LogP contribution in [-0.2, 0) is 6.54 Å². The lowest BCUT2D eigenvalue weighted by atomic mass is 9.99. The van der Waals surface area contributed by atoms with Crippen molar-refractivity contribution in [3.63, 3.8) is 0 Å². The van der Waals surface area contributed by atoms with Gasteiger partial charge < -0.3 is 10.2 Å². The molecule has 0 radical (unpaired) electrons. The summed E-state index contributed by atoms with van der Waals surface area (Å²) in [5.41, 5.74) is 1.36. The van der Waals surface area contributed by atoms with Gasteiger partial charge in [0.1, 0.15) is 0 Å². The molecule has 0 bridgehead atoms. The Hall–Kier alpha value is -0.930. The minimum Gasteiger partial charge on any atom is -0.314 e. The smallest absolute Gasteiger partial charge is 0.0271 e. The van der Waals surface area contributed by atoms with E-state index in [9.17, 15) is 0 Å². The van der Waals surface area contributed by atoms with E-state index in [4.69, 9.17) is 0 Å². The number of rotatable bonds is 8. The van der Waals surface area contributed by atoms with Crippen molar-refractivity contribution < 1.29 is 0 Å². The van der Waals surface area contributed by atoms with E-state index in [1.54, 1.807) is 0 Å². The van der Waals surface area contributed by atoms with Crippen LogP contribution in [0.2, 0.25) is 0 Å². The fraction of sp³-hybridized carbons (Fsp3) is 0.706. The van der Waals surface area contributed by atoms with Crippen LogP contribution in [0, 0.1) is 5.92 Å². The molecule has 3 nitrogen and oxygen atoms in total. The molecule has 2 unspecified atom stereocenters. The molecule has 1 saturated carbocycles. The highest BCUT2D eigenvalue weighted by molar-refractivity contribution is 5.09. The number of pyridine rings is 1. The van der Waals surface area contributed by atoms with E-state index in [-0.39, 0.29) is 0 Å². The lowest BCUT2D eigenvalue weighted by molar-refractivity contribution is 0.275. The van der Waals surface area contributed by atoms with Gasteiger partial charge in [-0.15, -0.1) is 0 Å². The maximum absolute atomic E-state index is 4.07. The summed E-state index contributed by atoms with van der Waals surface area (Å²) >= 11 is 0. The highest BCUT2D eigenvalue weighted by Gasteiger charge is 2.26. The van der Waals surface area contributed by atoms with Gasteiger partial charge in [0.25, 0.3) is 0 Å². The molecule has 1 aliphatic carbocycles. The quantitative estimate of drug-likeness (QED) is 0.790. The fourth-order valence-electron chi connectivity index (χ4n) is 3.25. The maximum Gasteiger partial charge on any atom is 0.0271 e. The zero-order chi connectivity index (χ0) is 14.2. The monoisotopic (exact) mass is 275 g/mol. The van der Waals surface area contributed by atoms with Crippen LogP contribution in [0.4, 0.5) is 0 Å². The molecule has 0 spiro atoms. The van der Waals surface area contributed by atoms with Gasteiger partial charge in [-0.2, -0.15) is 0 Å². The average molecular weight is 275 g/mol. The van der Waals surface area contributed by atoms with E-state index < -0.39 is 0 Å². The number of hydrogen-bond donors (Lipinski definition) is 1. The second-order valence-corrected chi connectivity index (χ2v) is 6.13. The number of hydrogen-bond acceptors (Lipinski definition) is 3. The summed E-state index contributed by atoms with van der Waals surface area (Å²) in [5, 5.41) is 3.73. The second kappa shape index (κ2) is 8.38. The summed E-state index contributed by atoms with van der Waals surface area (Å²) in [4.78, 5) is 6.51. The zero-order valence-electron chi connectivity index (χ0n) is 13.0. The third-order valence-corrected chi connectivity index (χ3v) is 4.40. The average Bonchev–Trinajstić information content (AvgIpc) is 2.91. The van der Waals surface area contributed by atoms with Crippen molar-refractivity contribution in [2.24, 2.45) is 5.92 Å². The highest BCUT2D eigenvalue weighted by Crippen LogP contribution is 2.28. The molecule has 1 fully saturated rings. The van der Waals surface area contributed by atoms with Crippen molar-refractivity contribution in [3.8, 4) is 0 Å². The van der Waals surface area contributed by atoms with E-state index in [0.29, 0.717) is 0 Å². The highest BCUT2D eigenvalue weighted by atomic mass is 15.1. The van der Waals surface area contributed by atoms with Crippen molar-refractivity contribution in [1.29, 1.82) is 0 Å². The molecule has 1 aromatic heterocycles. The van der Waals surface area contributed by atoms with Crippen LogP contribution in [0.15, 0.2) is 24.5 Å². The zero-order valence-corrected chi connectivity index (χ0v) is 13.0. The van der Waals surface area contributed by atoms with Crippen LogP contribution in [0.3, 0.4) is 0 Å². The number of aromatic nitrogens is 1. The molecule has 1 aromatic rings. The molecule has 1 N–H and O–H groups in total. The van der Waals surface area contributed by atoms with Crippen molar-refractivity contribution >= 4 is 0 Å². The Bertz CT molecular complexity index is 366. The lowest BCUT2D eigenvalue weighted by Crippen LogP contribution is -2.34. The summed E-state index contributed by atoms with van der Waals surface area (Å²) in [5.74, 6) is 0.876. The first-order valence-electron chi connectivity index (χ1n) is 8.10. The Morgan fingerprint density at radius 3 is 2.85 bits per heavy atom. The van der Waals surface area contributed by atoms with Crippen LogP contribution in [0.5, 0.6) is 0 Å². The van der Waals surface area contributed by atoms with Crippen LogP contribution >= 0.6 is 0 Å². The molecular formula is C17H29N3. The van der Waals surface area contributed by atoms with Gasteiger partial charge in [0, 0.05) is 25.0 Å². The van der Waals surface area contributed by atoms with Crippen molar-refractivity contribution in [1.82, 2.24) is 15.2 Å². The Labute approximate surface area is 123 Å². The van der Waals surface area contributed by atoms with Gasteiger partial charge in [0.2, 0.25) is 0 Å². The molecule has 0 saturated heterocycles. The summed E-state index contributed by atoms with van der Waals surface area (Å²) in [6, 6.07) is 4.99. The van der Waals surface area contributed by atoms with Gasteiger partial charge >= 0.3 is 0 Å². The predicted octanol–water partition coefficient (Wildman–Crippen LogP) is 3.07. The first-order chi connectivity index (χ1) is 9.79. The largest absolute Gasteiger partial charge is 0.314 e. The molecule has 2 atom stereocenters. The molecule has 0 amide bonds. The first-order valence-corrected chi connectivity index (χ1v) is 8.10. The van der Waals surface area contributed by atoms with E-state index in [1.165, 1.54) is 50.8 Å². The molecule has 0 aliphatic heterocycles. The number of nitrogens with zero attached hydrogens (tertiary/aromatic N) is 2. The van der Waals surface area contributed by atoms with Gasteiger partial charge in [0.05, 0.1) is 0 Å². The molecule has 20 heavy (non-hydrogen) atoms. The van der Waals surface area contributed by atoms with E-state index in [2.05, 4.69) is 41.3 Å². The molecule has 2 rings (SSSR count). The van der Waals surface area contributed by atoms with Crippen LogP contribution in [0.25, 0.3) is 0 Å². The third kappa shape index (κ3) is 4.88. The number of nitrogens with one attached hydrogen (secondary N) is 1. The topological polar surface area (TPSA) is 28.2 Å². The minimum absolute atomic E-state index is 0.768. The SMILES string of the molecule is CCCNC1CCCC1CCN(C)Cc1ccncc1. The summed E-state index contributed by atoms with van der Waals surface area (Å²) < 4.78 is 0. The van der Waals surface area contributed by atoms with Crippen LogP contribution < -0.4 is 5.32 Å². The summed E-state index contributed by atoms with van der Waals surface area (Å²) in [6.07, 6.45) is 10.5. The first kappa shape index (κ1) is 15.5. The minimum atomic E-state index is 0.768. The lowest BCUT2D eigenvalue weighted by Gasteiger charge is -2.24.